The molecule has 0 aliphatic carbocycles. The van der Waals surface area contributed by atoms with E-state index in [4.69, 9.17) is 0 Å². The van der Waals surface area contributed by atoms with E-state index in [-0.39, 0.29) is 0 Å². The Kier molecular flexibility index (Phi) is 3.63. The number of hydrogen-bond donors (Lipinski definition) is 0. The van der Waals surface area contributed by atoms with E-state index in [1.54, 1.807) is 0 Å². The number of nitrogens with zero attached hydrogens (tertiary/aromatic N) is 1. The lowest BCUT2D eigenvalue weighted by atomic mass is 10.2. The lowest BCUT2D eigenvalue weighted by Crippen LogP contribution is -1.85. The quantitative estimate of drug-likeness (QED) is 0.592. The third kappa shape index (κ3) is 2.51. The molecule has 3 aromatic rings. The van der Waals surface area contributed by atoms with Gasteiger partial charge in [0.1, 0.15) is 5.01 Å². The molecule has 1 heterocycles. The molecule has 0 saturated carbocycles. The van der Waals surface area contributed by atoms with Gasteiger partial charge < -0.3 is 0 Å². The van der Waals surface area contributed by atoms with E-state index in [0.717, 1.165) is 27.9 Å². The molecule has 0 atom stereocenters. The highest BCUT2D eigenvalue weighted by atomic mass is 79.9. The predicted molar refractivity (Wildman–Crippen MR) is 80.6 cm³/mol. The Morgan fingerprint density at radius 2 is 1.80 bits per heavy atom. The molecule has 0 fully saturated rings. The Balaban J connectivity index is 2.02. The van der Waals surface area contributed by atoms with Gasteiger partial charge in [-0.05, 0) is 24.3 Å². The number of halogens is 3. The van der Waals surface area contributed by atoms with Crippen molar-refractivity contribution >= 4 is 27.3 Å². The summed E-state index contributed by atoms with van der Waals surface area (Å²) in [5.74, 6) is -1.71. The molecular weight excluding hydrogens is 344 g/mol. The van der Waals surface area contributed by atoms with Crippen LogP contribution in [-0.4, -0.2) is 4.98 Å². The molecule has 5 heteroatoms. The monoisotopic (exact) mass is 351 g/mol. The van der Waals surface area contributed by atoms with Crippen LogP contribution in [0.1, 0.15) is 0 Å². The Hall–Kier alpha value is -1.59. The highest BCUT2D eigenvalue weighted by Gasteiger charge is 2.10. The van der Waals surface area contributed by atoms with Gasteiger partial charge in [-0.1, -0.05) is 34.1 Å². The van der Waals surface area contributed by atoms with Crippen molar-refractivity contribution in [2.24, 2.45) is 0 Å². The molecule has 3 rings (SSSR count). The number of aromatic nitrogens is 1. The fraction of sp³-hybridized carbons (Fsp3) is 0. The molecule has 0 amide bonds. The molecule has 100 valence electrons. The summed E-state index contributed by atoms with van der Waals surface area (Å²) in [4.78, 5) is 4.48. The minimum atomic E-state index is -0.861. The second kappa shape index (κ2) is 5.42. The van der Waals surface area contributed by atoms with Crippen LogP contribution in [0, 0.1) is 11.6 Å². The van der Waals surface area contributed by atoms with Crippen molar-refractivity contribution in [1.82, 2.24) is 4.98 Å². The van der Waals surface area contributed by atoms with Gasteiger partial charge in [-0.25, -0.2) is 13.8 Å². The van der Waals surface area contributed by atoms with Crippen molar-refractivity contribution in [3.8, 4) is 21.8 Å². The Bertz CT molecular complexity index is 770. The summed E-state index contributed by atoms with van der Waals surface area (Å²) in [5.41, 5.74) is 2.35. The van der Waals surface area contributed by atoms with E-state index in [0.29, 0.717) is 10.6 Å². The minimum absolute atomic E-state index is 0.576. The Morgan fingerprint density at radius 3 is 2.55 bits per heavy atom. The smallest absolute Gasteiger partial charge is 0.159 e. The molecular formula is C15H8BrF2NS. The van der Waals surface area contributed by atoms with Crippen LogP contribution in [0.15, 0.2) is 52.3 Å². The van der Waals surface area contributed by atoms with Gasteiger partial charge in [0, 0.05) is 21.0 Å². The van der Waals surface area contributed by atoms with Gasteiger partial charge in [0.05, 0.1) is 5.69 Å². The molecule has 0 aliphatic heterocycles. The maximum atomic E-state index is 13.3. The van der Waals surface area contributed by atoms with Crippen molar-refractivity contribution in [1.29, 1.82) is 0 Å². The average molecular weight is 352 g/mol. The molecule has 0 bridgehead atoms. The van der Waals surface area contributed by atoms with Crippen LogP contribution in [0.25, 0.3) is 21.8 Å². The molecule has 20 heavy (non-hydrogen) atoms. The van der Waals surface area contributed by atoms with Crippen LogP contribution >= 0.6 is 27.3 Å². The van der Waals surface area contributed by atoms with Gasteiger partial charge in [0.15, 0.2) is 11.6 Å². The minimum Gasteiger partial charge on any atom is -0.236 e. The first-order valence-electron chi connectivity index (χ1n) is 5.81. The van der Waals surface area contributed by atoms with Crippen LogP contribution in [0.3, 0.4) is 0 Å². The standard InChI is InChI=1S/C15H8BrF2NS/c16-11-4-2-1-3-10(11)14-8-20-15(19-14)9-5-6-12(17)13(18)7-9/h1-8H. The van der Waals surface area contributed by atoms with Crippen LogP contribution < -0.4 is 0 Å². The SMILES string of the molecule is Fc1ccc(-c2nc(-c3ccccc3Br)cs2)cc1F. The molecule has 0 radical (unpaired) electrons. The van der Waals surface area contributed by atoms with Crippen LogP contribution in [0.5, 0.6) is 0 Å². The van der Waals surface area contributed by atoms with Crippen molar-refractivity contribution in [2.45, 2.75) is 0 Å². The molecule has 1 aromatic heterocycles. The van der Waals surface area contributed by atoms with Crippen LogP contribution in [0.4, 0.5) is 8.78 Å². The lowest BCUT2D eigenvalue weighted by Gasteiger charge is -2.00. The van der Waals surface area contributed by atoms with Crippen LogP contribution in [0.2, 0.25) is 0 Å². The Labute approximate surface area is 127 Å². The maximum Gasteiger partial charge on any atom is 0.159 e. The summed E-state index contributed by atoms with van der Waals surface area (Å²) < 4.78 is 27.1. The zero-order chi connectivity index (χ0) is 14.1. The zero-order valence-corrected chi connectivity index (χ0v) is 12.5. The van der Waals surface area contributed by atoms with Gasteiger partial charge in [-0.3, -0.25) is 0 Å². The van der Waals surface area contributed by atoms with E-state index >= 15 is 0 Å². The molecule has 0 saturated heterocycles. The summed E-state index contributed by atoms with van der Waals surface area (Å²) in [7, 11) is 0. The van der Waals surface area contributed by atoms with E-state index in [1.807, 2.05) is 29.6 Å². The second-order valence-electron chi connectivity index (χ2n) is 4.15. The molecule has 0 N–H and O–H groups in total. The van der Waals surface area contributed by atoms with Gasteiger partial charge in [-0.2, -0.15) is 0 Å². The zero-order valence-electron chi connectivity index (χ0n) is 10.1. The first-order valence-corrected chi connectivity index (χ1v) is 7.48. The predicted octanol–water partition coefficient (Wildman–Crippen LogP) is 5.52. The van der Waals surface area contributed by atoms with Gasteiger partial charge in [0.25, 0.3) is 0 Å². The number of hydrogen-bond acceptors (Lipinski definition) is 2. The van der Waals surface area contributed by atoms with Gasteiger partial charge >= 0.3 is 0 Å². The first-order chi connectivity index (χ1) is 9.65. The highest BCUT2D eigenvalue weighted by molar-refractivity contribution is 9.10. The van der Waals surface area contributed by atoms with Gasteiger partial charge in [-0.15, -0.1) is 11.3 Å². The topological polar surface area (TPSA) is 12.9 Å². The molecule has 1 nitrogen and oxygen atoms in total. The summed E-state index contributed by atoms with van der Waals surface area (Å²) in [6, 6.07) is 11.6. The van der Waals surface area contributed by atoms with Crippen molar-refractivity contribution in [2.75, 3.05) is 0 Å². The van der Waals surface area contributed by atoms with E-state index in [9.17, 15) is 8.78 Å². The average Bonchev–Trinajstić information content (AvgIpc) is 2.92. The molecule has 0 aliphatic rings. The lowest BCUT2D eigenvalue weighted by molar-refractivity contribution is 0.509. The van der Waals surface area contributed by atoms with Crippen molar-refractivity contribution in [3.05, 3.63) is 64.0 Å². The van der Waals surface area contributed by atoms with Crippen molar-refractivity contribution in [3.63, 3.8) is 0 Å². The number of benzene rings is 2. The summed E-state index contributed by atoms with van der Waals surface area (Å²) >= 11 is 4.87. The third-order valence-corrected chi connectivity index (χ3v) is 4.40. The normalized spacial score (nSPS) is 10.8. The molecule has 2 aromatic carbocycles. The van der Waals surface area contributed by atoms with Crippen LogP contribution in [-0.2, 0) is 0 Å². The van der Waals surface area contributed by atoms with E-state index in [2.05, 4.69) is 20.9 Å². The highest BCUT2D eigenvalue weighted by Crippen LogP contribution is 2.32. The fourth-order valence-corrected chi connectivity index (χ4v) is 3.13. The van der Waals surface area contributed by atoms with Gasteiger partial charge in [0.2, 0.25) is 0 Å². The van der Waals surface area contributed by atoms with E-state index in [1.165, 1.54) is 17.4 Å². The maximum absolute atomic E-state index is 13.3. The van der Waals surface area contributed by atoms with E-state index < -0.39 is 11.6 Å². The Morgan fingerprint density at radius 1 is 1.00 bits per heavy atom. The fourth-order valence-electron chi connectivity index (χ4n) is 1.83. The molecule has 0 spiro atoms. The number of thiazole rings is 1. The third-order valence-electron chi connectivity index (χ3n) is 2.82. The largest absolute Gasteiger partial charge is 0.236 e. The number of rotatable bonds is 2. The summed E-state index contributed by atoms with van der Waals surface area (Å²) in [6.45, 7) is 0. The summed E-state index contributed by atoms with van der Waals surface area (Å²) in [6.07, 6.45) is 0. The second-order valence-corrected chi connectivity index (χ2v) is 5.86. The summed E-state index contributed by atoms with van der Waals surface area (Å²) in [5, 5.41) is 2.56. The molecule has 0 unspecified atom stereocenters. The van der Waals surface area contributed by atoms with Crippen molar-refractivity contribution < 1.29 is 8.78 Å². The first kappa shape index (κ1) is 13.4.